The van der Waals surface area contributed by atoms with Gasteiger partial charge in [0.1, 0.15) is 12.4 Å². The maximum atomic E-state index is 12.6. The van der Waals surface area contributed by atoms with E-state index in [2.05, 4.69) is 20.7 Å². The van der Waals surface area contributed by atoms with E-state index in [0.29, 0.717) is 17.9 Å². The molecule has 2 amide bonds. The number of nitrogens with one attached hydrogen (secondary N) is 2. The van der Waals surface area contributed by atoms with Crippen LogP contribution in [-0.2, 0) is 17.9 Å². The van der Waals surface area contributed by atoms with Gasteiger partial charge in [0, 0.05) is 30.1 Å². The summed E-state index contributed by atoms with van der Waals surface area (Å²) >= 11 is 0. The molecule has 0 spiro atoms. The number of amidine groups is 1. The van der Waals surface area contributed by atoms with Gasteiger partial charge in [-0.05, 0) is 35.9 Å². The van der Waals surface area contributed by atoms with Crippen LogP contribution in [0, 0.1) is 0 Å². The van der Waals surface area contributed by atoms with Gasteiger partial charge in [-0.2, -0.15) is 5.10 Å². The Kier molecular flexibility index (Phi) is 6.91. The van der Waals surface area contributed by atoms with E-state index in [1.165, 1.54) is 0 Å². The first kappa shape index (κ1) is 22.0. The second-order valence-corrected chi connectivity index (χ2v) is 7.45. The monoisotopic (exact) mass is 444 g/mol. The van der Waals surface area contributed by atoms with Crippen LogP contribution in [0.25, 0.3) is 0 Å². The molecule has 0 aliphatic carbocycles. The molecule has 2 heterocycles. The number of hydrogen-bond acceptors (Lipinski definition) is 7. The van der Waals surface area contributed by atoms with E-state index < -0.39 is 12.1 Å². The molecular formula is C24H24N6O3. The SMILES string of the molecule is NC1CN(c2ccccc2)N=C1NC(=O)c1ccc(CNC(=O)OCc2cccnc2)cc1. The van der Waals surface area contributed by atoms with Crippen LogP contribution < -0.4 is 21.4 Å². The first-order valence-electron chi connectivity index (χ1n) is 10.4. The molecule has 4 rings (SSSR count). The number of aromatic nitrogens is 1. The third kappa shape index (κ3) is 5.92. The lowest BCUT2D eigenvalue weighted by molar-refractivity contribution is 0.0976. The number of hydrogen-bond donors (Lipinski definition) is 3. The highest BCUT2D eigenvalue weighted by molar-refractivity contribution is 6.09. The van der Waals surface area contributed by atoms with Crippen molar-refractivity contribution in [1.29, 1.82) is 0 Å². The summed E-state index contributed by atoms with van der Waals surface area (Å²) in [6.07, 6.45) is 2.76. The summed E-state index contributed by atoms with van der Waals surface area (Å²) in [7, 11) is 0. The topological polar surface area (TPSA) is 122 Å². The van der Waals surface area contributed by atoms with Crippen LogP contribution in [0.1, 0.15) is 21.5 Å². The average molecular weight is 444 g/mol. The van der Waals surface area contributed by atoms with E-state index in [4.69, 9.17) is 10.5 Å². The third-order valence-corrected chi connectivity index (χ3v) is 4.99. The predicted octanol–water partition coefficient (Wildman–Crippen LogP) is 2.40. The first-order valence-corrected chi connectivity index (χ1v) is 10.4. The van der Waals surface area contributed by atoms with Crippen LogP contribution in [0.3, 0.4) is 0 Å². The van der Waals surface area contributed by atoms with Gasteiger partial charge in [0.2, 0.25) is 0 Å². The molecule has 9 nitrogen and oxygen atoms in total. The molecule has 1 aliphatic rings. The number of benzene rings is 2. The number of hydrazone groups is 1. The highest BCUT2D eigenvalue weighted by Gasteiger charge is 2.26. The summed E-state index contributed by atoms with van der Waals surface area (Å²) in [5.74, 6) is 0.125. The Balaban J connectivity index is 1.27. The molecule has 2 aromatic carbocycles. The van der Waals surface area contributed by atoms with Gasteiger partial charge in [-0.1, -0.05) is 36.4 Å². The predicted molar refractivity (Wildman–Crippen MR) is 124 cm³/mol. The molecule has 4 N–H and O–H groups in total. The molecule has 1 unspecified atom stereocenters. The van der Waals surface area contributed by atoms with Gasteiger partial charge in [-0.3, -0.25) is 14.8 Å². The fraction of sp³-hybridized carbons (Fsp3) is 0.167. The largest absolute Gasteiger partial charge is 0.445 e. The number of amides is 2. The Labute approximate surface area is 191 Å². The maximum absolute atomic E-state index is 12.6. The number of pyridine rings is 1. The van der Waals surface area contributed by atoms with Crippen molar-refractivity contribution in [2.75, 3.05) is 11.6 Å². The second kappa shape index (κ2) is 10.4. The van der Waals surface area contributed by atoms with Crippen molar-refractivity contribution in [2.45, 2.75) is 19.2 Å². The van der Waals surface area contributed by atoms with E-state index in [0.717, 1.165) is 16.8 Å². The Morgan fingerprint density at radius 1 is 1.03 bits per heavy atom. The minimum absolute atomic E-state index is 0.145. The van der Waals surface area contributed by atoms with Crippen LogP contribution in [0.2, 0.25) is 0 Å². The molecule has 3 aromatic rings. The van der Waals surface area contributed by atoms with Crippen molar-refractivity contribution in [2.24, 2.45) is 10.8 Å². The van der Waals surface area contributed by atoms with Crippen molar-refractivity contribution >= 4 is 23.5 Å². The quantitative estimate of drug-likeness (QED) is 0.537. The minimum Gasteiger partial charge on any atom is -0.445 e. The molecule has 1 atom stereocenters. The molecule has 33 heavy (non-hydrogen) atoms. The summed E-state index contributed by atoms with van der Waals surface area (Å²) in [6, 6.07) is 19.7. The number of para-hydroxylation sites is 1. The number of carbonyl (C=O) groups excluding carboxylic acids is 2. The van der Waals surface area contributed by atoms with Crippen LogP contribution in [0.5, 0.6) is 0 Å². The fourth-order valence-corrected chi connectivity index (χ4v) is 3.22. The van der Waals surface area contributed by atoms with Gasteiger partial charge in [0.15, 0.2) is 0 Å². The van der Waals surface area contributed by atoms with Crippen LogP contribution in [0.15, 0.2) is 84.2 Å². The van der Waals surface area contributed by atoms with Gasteiger partial charge >= 0.3 is 6.09 Å². The Morgan fingerprint density at radius 3 is 2.55 bits per heavy atom. The van der Waals surface area contributed by atoms with Gasteiger partial charge in [-0.15, -0.1) is 0 Å². The van der Waals surface area contributed by atoms with Crippen molar-refractivity contribution in [3.05, 3.63) is 95.8 Å². The summed E-state index contributed by atoms with van der Waals surface area (Å²) in [6.45, 7) is 0.908. The molecule has 0 radical (unpaired) electrons. The Morgan fingerprint density at radius 2 is 1.82 bits per heavy atom. The highest BCUT2D eigenvalue weighted by Crippen LogP contribution is 2.17. The number of rotatable bonds is 6. The fourth-order valence-electron chi connectivity index (χ4n) is 3.22. The normalized spacial score (nSPS) is 15.0. The van der Waals surface area contributed by atoms with Crippen LogP contribution >= 0.6 is 0 Å². The van der Waals surface area contributed by atoms with Crippen molar-refractivity contribution < 1.29 is 14.3 Å². The van der Waals surface area contributed by atoms with Gasteiger partial charge in [-0.25, -0.2) is 4.79 Å². The van der Waals surface area contributed by atoms with E-state index in [1.54, 1.807) is 47.7 Å². The maximum Gasteiger partial charge on any atom is 0.407 e. The summed E-state index contributed by atoms with van der Waals surface area (Å²) < 4.78 is 5.15. The molecule has 0 saturated heterocycles. The van der Waals surface area contributed by atoms with E-state index in [-0.39, 0.29) is 19.1 Å². The molecule has 0 bridgehead atoms. The first-order chi connectivity index (χ1) is 16.1. The number of nitrogens with two attached hydrogens (primary N) is 1. The lowest BCUT2D eigenvalue weighted by atomic mass is 10.1. The number of nitrogens with zero attached hydrogens (tertiary/aromatic N) is 3. The average Bonchev–Trinajstić information content (AvgIpc) is 3.23. The number of anilines is 1. The number of alkyl carbamates (subject to hydrolysis) is 1. The number of ether oxygens (including phenoxy) is 1. The van der Waals surface area contributed by atoms with Gasteiger partial charge < -0.3 is 21.1 Å². The molecular weight excluding hydrogens is 420 g/mol. The molecule has 168 valence electrons. The lowest BCUT2D eigenvalue weighted by Gasteiger charge is -2.13. The second-order valence-electron chi connectivity index (χ2n) is 7.45. The van der Waals surface area contributed by atoms with Crippen LogP contribution in [-0.4, -0.2) is 35.4 Å². The van der Waals surface area contributed by atoms with Crippen molar-refractivity contribution in [1.82, 2.24) is 15.6 Å². The standard InChI is InChI=1S/C24H24N6O3/c25-21-15-30(20-6-2-1-3-7-20)29-22(21)28-23(31)19-10-8-17(9-11-19)14-27-24(32)33-16-18-5-4-12-26-13-18/h1-13,21H,14-16,25H2,(H,27,32)(H,28,29,31). The molecule has 1 aliphatic heterocycles. The minimum atomic E-state index is -0.531. The zero-order valence-corrected chi connectivity index (χ0v) is 17.8. The van der Waals surface area contributed by atoms with E-state index in [9.17, 15) is 9.59 Å². The molecule has 9 heteroatoms. The number of carbonyl (C=O) groups is 2. The summed E-state index contributed by atoms with van der Waals surface area (Å²) in [5, 5.41) is 11.7. The third-order valence-electron chi connectivity index (χ3n) is 4.99. The summed E-state index contributed by atoms with van der Waals surface area (Å²) in [4.78, 5) is 28.5. The summed E-state index contributed by atoms with van der Waals surface area (Å²) in [5.41, 5.74) is 9.15. The van der Waals surface area contributed by atoms with E-state index in [1.807, 2.05) is 36.4 Å². The van der Waals surface area contributed by atoms with E-state index >= 15 is 0 Å². The Hall–Kier alpha value is -4.24. The van der Waals surface area contributed by atoms with Gasteiger partial charge in [0.25, 0.3) is 5.91 Å². The molecule has 0 fully saturated rings. The van der Waals surface area contributed by atoms with Gasteiger partial charge in [0.05, 0.1) is 18.3 Å². The van der Waals surface area contributed by atoms with Crippen molar-refractivity contribution in [3.63, 3.8) is 0 Å². The smallest absolute Gasteiger partial charge is 0.407 e. The van der Waals surface area contributed by atoms with Crippen molar-refractivity contribution in [3.8, 4) is 0 Å². The zero-order valence-electron chi connectivity index (χ0n) is 17.8. The highest BCUT2D eigenvalue weighted by atomic mass is 16.5. The zero-order chi connectivity index (χ0) is 23.0. The lowest BCUT2D eigenvalue weighted by Crippen LogP contribution is -2.43. The molecule has 1 aromatic heterocycles. The Bertz CT molecular complexity index is 1120. The van der Waals surface area contributed by atoms with Crippen LogP contribution in [0.4, 0.5) is 10.5 Å². The molecule has 0 saturated carbocycles.